The van der Waals surface area contributed by atoms with E-state index in [0.717, 1.165) is 0 Å². The van der Waals surface area contributed by atoms with Gasteiger partial charge in [0.05, 0.1) is 0 Å². The molecular formula is HKLaO2+. The summed E-state index contributed by atoms with van der Waals surface area (Å²) in [5.74, 6) is 0. The Balaban J connectivity index is 0. The molecule has 16 valence electrons. The summed E-state index contributed by atoms with van der Waals surface area (Å²) in [5, 5.41) is 0. The minimum atomic E-state index is 0. The van der Waals surface area contributed by atoms with Gasteiger partial charge in [-0.3, -0.25) is 0 Å². The van der Waals surface area contributed by atoms with Crippen LogP contribution in [0.25, 0.3) is 0 Å². The molecule has 4 heavy (non-hydrogen) atoms. The number of hydrogen-bond donors (Lipinski definition) is 0. The molecule has 0 bridgehead atoms. The molecule has 2 nitrogen and oxygen atoms in total. The zero-order valence-corrected chi connectivity index (χ0v) is 9.18. The van der Waals surface area contributed by atoms with Gasteiger partial charge in [-0.2, -0.15) is 0 Å². The predicted octanol–water partition coefficient (Wildman–Crippen LogP) is -3.29. The van der Waals surface area contributed by atoms with Crippen LogP contribution in [0, 0.1) is 35.6 Å². The molecule has 0 radical (unpaired) electrons. The SMILES string of the molecule is [K+].[La+3].[O-2].[OH-]. The van der Waals surface area contributed by atoms with Crippen molar-refractivity contribution in [3.63, 3.8) is 0 Å². The molecule has 0 unspecified atom stereocenters. The van der Waals surface area contributed by atoms with E-state index in [9.17, 15) is 0 Å². The molecule has 0 aromatic rings. The van der Waals surface area contributed by atoms with E-state index < -0.39 is 0 Å². The predicted molar refractivity (Wildman–Crippen MR) is 2.62 cm³/mol. The zero-order chi connectivity index (χ0) is 0. The maximum atomic E-state index is 0. The third-order valence-corrected chi connectivity index (χ3v) is 0. The van der Waals surface area contributed by atoms with Gasteiger partial charge in [0.25, 0.3) is 0 Å². The van der Waals surface area contributed by atoms with Crippen molar-refractivity contribution in [1.82, 2.24) is 0 Å². The third kappa shape index (κ3) is 8.83. The molecule has 0 aliphatic heterocycles. The van der Waals surface area contributed by atoms with Crippen molar-refractivity contribution >= 4 is 0 Å². The second-order valence-electron chi connectivity index (χ2n) is 0. The Morgan fingerprint density at radius 3 is 1.00 bits per heavy atom. The summed E-state index contributed by atoms with van der Waals surface area (Å²) >= 11 is 0. The largest absolute Gasteiger partial charge is 3.00 e. The Labute approximate surface area is 95.4 Å². The zero-order valence-electron chi connectivity index (χ0n) is 2.43. The van der Waals surface area contributed by atoms with Crippen LogP contribution in [0.2, 0.25) is 0 Å². The van der Waals surface area contributed by atoms with Crippen molar-refractivity contribution in [3.05, 3.63) is 0 Å². The van der Waals surface area contributed by atoms with Gasteiger partial charge in [0.2, 0.25) is 0 Å². The summed E-state index contributed by atoms with van der Waals surface area (Å²) < 4.78 is 0. The van der Waals surface area contributed by atoms with Crippen LogP contribution in [0.5, 0.6) is 0 Å². The second kappa shape index (κ2) is 17.2. The number of hydrogen-bond acceptors (Lipinski definition) is 1. The first kappa shape index (κ1) is 29.5. The van der Waals surface area contributed by atoms with Gasteiger partial charge in [0.1, 0.15) is 0 Å². The van der Waals surface area contributed by atoms with Crippen LogP contribution >= 0.6 is 0 Å². The fraction of sp³-hybridized carbons (Fsp3) is 0. The summed E-state index contributed by atoms with van der Waals surface area (Å²) in [7, 11) is 0. The maximum absolute atomic E-state index is 0. The van der Waals surface area contributed by atoms with Crippen molar-refractivity contribution < 1.29 is 97.9 Å². The molecule has 0 rings (SSSR count). The monoisotopic (exact) mass is 211 g/mol. The van der Waals surface area contributed by atoms with Crippen LogP contribution < -0.4 is 51.4 Å². The molecule has 0 spiro atoms. The Kier molecular flexibility index (Phi) is 127. The van der Waals surface area contributed by atoms with Crippen molar-refractivity contribution in [3.8, 4) is 0 Å². The molecule has 0 atom stereocenters. The molecule has 0 aromatic carbocycles. The van der Waals surface area contributed by atoms with E-state index in [2.05, 4.69) is 0 Å². The fourth-order valence-corrected chi connectivity index (χ4v) is 0. The van der Waals surface area contributed by atoms with E-state index in [1.165, 1.54) is 0 Å². The fourth-order valence-electron chi connectivity index (χ4n) is 0. The Bertz CT molecular complexity index is 6.00. The smallest absolute Gasteiger partial charge is 2.00 e. The second-order valence-corrected chi connectivity index (χ2v) is 0. The van der Waals surface area contributed by atoms with Gasteiger partial charge in [-0.25, -0.2) is 0 Å². The van der Waals surface area contributed by atoms with E-state index in [1.807, 2.05) is 0 Å². The van der Waals surface area contributed by atoms with Crippen LogP contribution in [0.1, 0.15) is 0 Å². The summed E-state index contributed by atoms with van der Waals surface area (Å²) in [6, 6.07) is 0. The summed E-state index contributed by atoms with van der Waals surface area (Å²) in [6.45, 7) is 0. The maximum Gasteiger partial charge on any atom is 3.00 e. The topological polar surface area (TPSA) is 58.5 Å². The third-order valence-electron chi connectivity index (χ3n) is 0. The first-order valence-electron chi connectivity index (χ1n) is 0. The van der Waals surface area contributed by atoms with Crippen molar-refractivity contribution in [2.45, 2.75) is 0 Å². The standard InChI is InChI=1S/K.La.H2O.O/h;;1H2;/q+1;+3;;-2/p-1. The molecule has 4 heteroatoms. The van der Waals surface area contributed by atoms with Crippen LogP contribution in [-0.2, 0) is 5.48 Å². The first-order chi connectivity index (χ1) is 0. The van der Waals surface area contributed by atoms with Crippen molar-refractivity contribution in [1.29, 1.82) is 0 Å². The van der Waals surface area contributed by atoms with E-state index in [1.54, 1.807) is 0 Å². The molecule has 0 amide bonds. The summed E-state index contributed by atoms with van der Waals surface area (Å²) in [5.41, 5.74) is 0. The minimum Gasteiger partial charge on any atom is -2.00 e. The van der Waals surface area contributed by atoms with Crippen molar-refractivity contribution in [2.75, 3.05) is 0 Å². The Morgan fingerprint density at radius 2 is 1.00 bits per heavy atom. The van der Waals surface area contributed by atoms with Gasteiger partial charge in [0, 0.05) is 0 Å². The van der Waals surface area contributed by atoms with Crippen LogP contribution in [0.3, 0.4) is 0 Å². The molecule has 0 saturated carbocycles. The van der Waals surface area contributed by atoms with Gasteiger partial charge >= 0.3 is 87.0 Å². The molecule has 0 aliphatic carbocycles. The molecule has 0 fully saturated rings. The number of rotatable bonds is 0. The van der Waals surface area contributed by atoms with E-state index >= 15 is 0 Å². The average molecular weight is 211 g/mol. The Hall–Kier alpha value is 2.75. The quantitative estimate of drug-likeness (QED) is 0.387. The van der Waals surface area contributed by atoms with Gasteiger partial charge in [-0.05, 0) is 0 Å². The van der Waals surface area contributed by atoms with Crippen molar-refractivity contribution in [2.24, 2.45) is 0 Å². The summed E-state index contributed by atoms with van der Waals surface area (Å²) in [6.07, 6.45) is 0. The van der Waals surface area contributed by atoms with E-state index in [0.29, 0.717) is 0 Å². The average Bonchev–Trinajstić information content (AvgIpc) is 0. The summed E-state index contributed by atoms with van der Waals surface area (Å²) in [4.78, 5) is 0. The molecule has 1 N–H and O–H groups in total. The van der Waals surface area contributed by atoms with Gasteiger partial charge in [0.15, 0.2) is 0 Å². The molecule has 0 aliphatic rings. The normalized spacial score (nSPS) is 0. The van der Waals surface area contributed by atoms with E-state index in [4.69, 9.17) is 0 Å². The molecule has 0 aromatic heterocycles. The van der Waals surface area contributed by atoms with E-state index in [-0.39, 0.29) is 97.9 Å². The minimum absolute atomic E-state index is 0. The molecule has 0 saturated heterocycles. The Morgan fingerprint density at radius 1 is 1.00 bits per heavy atom. The molecular weight excluding hydrogens is 210 g/mol. The van der Waals surface area contributed by atoms with Crippen LogP contribution in [0.15, 0.2) is 0 Å². The van der Waals surface area contributed by atoms with Gasteiger partial charge in [-0.15, -0.1) is 0 Å². The van der Waals surface area contributed by atoms with Gasteiger partial charge < -0.3 is 11.0 Å². The van der Waals surface area contributed by atoms with Crippen LogP contribution in [-0.4, -0.2) is 5.48 Å². The first-order valence-corrected chi connectivity index (χ1v) is 0. The molecule has 0 heterocycles. The van der Waals surface area contributed by atoms with Gasteiger partial charge in [-0.1, -0.05) is 0 Å². The van der Waals surface area contributed by atoms with Crippen LogP contribution in [0.4, 0.5) is 0 Å².